The third-order valence-corrected chi connectivity index (χ3v) is 3.91. The van der Waals surface area contributed by atoms with E-state index >= 15 is 0 Å². The van der Waals surface area contributed by atoms with Crippen molar-refractivity contribution in [2.24, 2.45) is 5.92 Å². The molecule has 106 valence electrons. The lowest BCUT2D eigenvalue weighted by atomic mass is 9.85. The molecule has 1 aromatic carbocycles. The summed E-state index contributed by atoms with van der Waals surface area (Å²) in [6, 6.07) is 5.37. The number of benzene rings is 1. The van der Waals surface area contributed by atoms with Gasteiger partial charge in [-0.25, -0.2) is 0 Å². The van der Waals surface area contributed by atoms with Crippen molar-refractivity contribution >= 4 is 23.2 Å². The van der Waals surface area contributed by atoms with Gasteiger partial charge in [-0.3, -0.25) is 9.59 Å². The molecule has 0 atom stereocenters. The normalized spacial score (nSPS) is 20.2. The van der Waals surface area contributed by atoms with Crippen LogP contribution in [0.3, 0.4) is 0 Å². The van der Waals surface area contributed by atoms with Crippen molar-refractivity contribution in [3.63, 3.8) is 0 Å². The molecule has 5 nitrogen and oxygen atoms in total. The van der Waals surface area contributed by atoms with Gasteiger partial charge in [0.1, 0.15) is 11.4 Å². The van der Waals surface area contributed by atoms with Crippen LogP contribution in [0.15, 0.2) is 18.2 Å². The standard InChI is InChI=1S/C15H18N2O3/c1-15(2)14(19)17-12-10(7-4-8-11(12)20-15)16-13(18)9-5-3-6-9/h4,7-9H,3,5-6H2,1-2H3,(H,16,18)(H,17,19). The van der Waals surface area contributed by atoms with Crippen LogP contribution in [0.2, 0.25) is 0 Å². The molecule has 1 aliphatic carbocycles. The Morgan fingerprint density at radius 2 is 2.15 bits per heavy atom. The zero-order valence-electron chi connectivity index (χ0n) is 11.7. The molecule has 0 spiro atoms. The molecule has 0 saturated heterocycles. The molecule has 2 aliphatic rings. The van der Waals surface area contributed by atoms with E-state index in [0.717, 1.165) is 19.3 Å². The lowest BCUT2D eigenvalue weighted by molar-refractivity contribution is -0.129. The fourth-order valence-corrected chi connectivity index (χ4v) is 2.34. The summed E-state index contributed by atoms with van der Waals surface area (Å²) in [4.78, 5) is 24.0. The van der Waals surface area contributed by atoms with E-state index in [4.69, 9.17) is 4.74 Å². The lowest BCUT2D eigenvalue weighted by Crippen LogP contribution is -2.46. The molecule has 3 rings (SSSR count). The molecule has 1 fully saturated rings. The molecule has 2 N–H and O–H groups in total. The molecule has 1 heterocycles. The monoisotopic (exact) mass is 274 g/mol. The van der Waals surface area contributed by atoms with E-state index in [1.165, 1.54) is 0 Å². The van der Waals surface area contributed by atoms with Gasteiger partial charge in [0.05, 0.1) is 5.69 Å². The fraction of sp³-hybridized carbons (Fsp3) is 0.467. The van der Waals surface area contributed by atoms with Crippen LogP contribution >= 0.6 is 0 Å². The van der Waals surface area contributed by atoms with Crippen LogP contribution in [0.4, 0.5) is 11.4 Å². The summed E-state index contributed by atoms with van der Waals surface area (Å²) < 4.78 is 5.69. The number of hydrogen-bond donors (Lipinski definition) is 2. The quantitative estimate of drug-likeness (QED) is 0.870. The number of amides is 2. The number of hydrogen-bond acceptors (Lipinski definition) is 3. The van der Waals surface area contributed by atoms with Gasteiger partial charge in [0.25, 0.3) is 5.91 Å². The van der Waals surface area contributed by atoms with E-state index in [0.29, 0.717) is 17.1 Å². The Morgan fingerprint density at radius 1 is 1.40 bits per heavy atom. The maximum atomic E-state index is 12.0. The minimum absolute atomic E-state index is 0.0173. The molecule has 0 radical (unpaired) electrons. The van der Waals surface area contributed by atoms with Crippen LogP contribution in [0.1, 0.15) is 33.1 Å². The largest absolute Gasteiger partial charge is 0.476 e. The van der Waals surface area contributed by atoms with Gasteiger partial charge >= 0.3 is 0 Å². The second kappa shape index (κ2) is 4.51. The summed E-state index contributed by atoms with van der Waals surface area (Å²) >= 11 is 0. The highest BCUT2D eigenvalue weighted by molar-refractivity contribution is 6.06. The van der Waals surface area contributed by atoms with Crippen molar-refractivity contribution in [2.75, 3.05) is 10.6 Å². The SMILES string of the molecule is CC1(C)Oc2cccc(NC(=O)C3CCC3)c2NC1=O. The van der Waals surface area contributed by atoms with Crippen LogP contribution in [0, 0.1) is 5.92 Å². The molecule has 20 heavy (non-hydrogen) atoms. The molecule has 1 aliphatic heterocycles. The summed E-state index contributed by atoms with van der Waals surface area (Å²) in [5.41, 5.74) is 0.247. The van der Waals surface area contributed by atoms with Gasteiger partial charge < -0.3 is 15.4 Å². The first-order chi connectivity index (χ1) is 9.47. The van der Waals surface area contributed by atoms with Crippen LogP contribution in [-0.4, -0.2) is 17.4 Å². The minimum Gasteiger partial charge on any atom is -0.476 e. The van der Waals surface area contributed by atoms with Crippen LogP contribution in [0.25, 0.3) is 0 Å². The number of carbonyl (C=O) groups is 2. The van der Waals surface area contributed by atoms with Gasteiger partial charge in [-0.2, -0.15) is 0 Å². The van der Waals surface area contributed by atoms with E-state index < -0.39 is 5.60 Å². The Hall–Kier alpha value is -2.04. The van der Waals surface area contributed by atoms with Crippen LogP contribution < -0.4 is 15.4 Å². The number of anilines is 2. The Bertz CT molecular complexity index is 576. The van der Waals surface area contributed by atoms with Crippen molar-refractivity contribution in [1.29, 1.82) is 0 Å². The van der Waals surface area contributed by atoms with Crippen molar-refractivity contribution in [2.45, 2.75) is 38.7 Å². The zero-order chi connectivity index (χ0) is 14.3. The van der Waals surface area contributed by atoms with Crippen LogP contribution in [0.5, 0.6) is 5.75 Å². The topological polar surface area (TPSA) is 67.4 Å². The average molecular weight is 274 g/mol. The predicted molar refractivity (Wildman–Crippen MR) is 75.7 cm³/mol. The van der Waals surface area contributed by atoms with Gasteiger partial charge in [0.2, 0.25) is 5.91 Å². The van der Waals surface area contributed by atoms with Crippen molar-refractivity contribution < 1.29 is 14.3 Å². The molecule has 0 aromatic heterocycles. The number of para-hydroxylation sites is 1. The third-order valence-electron chi connectivity index (χ3n) is 3.91. The molecule has 0 unspecified atom stereocenters. The summed E-state index contributed by atoms with van der Waals surface area (Å²) in [6.45, 7) is 3.43. The Labute approximate surface area is 117 Å². The van der Waals surface area contributed by atoms with Crippen LogP contribution in [-0.2, 0) is 9.59 Å². The number of rotatable bonds is 2. The van der Waals surface area contributed by atoms with E-state index in [2.05, 4.69) is 10.6 Å². The van der Waals surface area contributed by atoms with Gasteiger partial charge in [-0.15, -0.1) is 0 Å². The summed E-state index contributed by atoms with van der Waals surface area (Å²) in [5, 5.41) is 5.71. The smallest absolute Gasteiger partial charge is 0.268 e. The highest BCUT2D eigenvalue weighted by atomic mass is 16.5. The molecule has 0 bridgehead atoms. The number of ether oxygens (including phenoxy) is 1. The van der Waals surface area contributed by atoms with Crippen molar-refractivity contribution in [3.8, 4) is 5.75 Å². The van der Waals surface area contributed by atoms with Gasteiger partial charge in [0.15, 0.2) is 5.60 Å². The first-order valence-corrected chi connectivity index (χ1v) is 6.92. The predicted octanol–water partition coefficient (Wildman–Crippen LogP) is 2.53. The minimum atomic E-state index is -0.899. The van der Waals surface area contributed by atoms with E-state index in [1.807, 2.05) is 6.07 Å². The van der Waals surface area contributed by atoms with E-state index in [1.54, 1.807) is 26.0 Å². The molecule has 1 saturated carbocycles. The number of nitrogens with one attached hydrogen (secondary N) is 2. The zero-order valence-corrected chi connectivity index (χ0v) is 11.7. The summed E-state index contributed by atoms with van der Waals surface area (Å²) in [5.74, 6) is 0.489. The lowest BCUT2D eigenvalue weighted by Gasteiger charge is -2.33. The number of fused-ring (bicyclic) bond motifs is 1. The van der Waals surface area contributed by atoms with E-state index in [9.17, 15) is 9.59 Å². The highest BCUT2D eigenvalue weighted by Gasteiger charge is 2.36. The summed E-state index contributed by atoms with van der Waals surface area (Å²) in [7, 11) is 0. The second-order valence-electron chi connectivity index (χ2n) is 5.86. The Morgan fingerprint density at radius 3 is 2.80 bits per heavy atom. The molecule has 1 aromatic rings. The van der Waals surface area contributed by atoms with E-state index in [-0.39, 0.29) is 17.7 Å². The van der Waals surface area contributed by atoms with Crippen molar-refractivity contribution in [3.05, 3.63) is 18.2 Å². The maximum Gasteiger partial charge on any atom is 0.268 e. The Balaban J connectivity index is 1.86. The Kier molecular flexibility index (Phi) is 2.92. The van der Waals surface area contributed by atoms with Crippen molar-refractivity contribution in [1.82, 2.24) is 0 Å². The fourth-order valence-electron chi connectivity index (χ4n) is 2.34. The second-order valence-corrected chi connectivity index (χ2v) is 5.86. The molecular formula is C15H18N2O3. The average Bonchev–Trinajstić information content (AvgIpc) is 2.29. The maximum absolute atomic E-state index is 12.0. The first-order valence-electron chi connectivity index (χ1n) is 6.92. The third kappa shape index (κ3) is 2.13. The van der Waals surface area contributed by atoms with Gasteiger partial charge in [-0.05, 0) is 38.8 Å². The molecule has 2 amide bonds. The van der Waals surface area contributed by atoms with Gasteiger partial charge in [0, 0.05) is 5.92 Å². The molecular weight excluding hydrogens is 256 g/mol. The number of carbonyl (C=O) groups excluding carboxylic acids is 2. The first kappa shape index (κ1) is 13.0. The summed E-state index contributed by atoms with van der Waals surface area (Å²) in [6.07, 6.45) is 2.99. The molecule has 5 heteroatoms. The highest BCUT2D eigenvalue weighted by Crippen LogP contribution is 2.39. The van der Waals surface area contributed by atoms with Gasteiger partial charge in [-0.1, -0.05) is 12.5 Å².